The van der Waals surface area contributed by atoms with Crippen molar-refractivity contribution in [2.45, 2.75) is 45.2 Å². The molecule has 2 unspecified atom stereocenters. The van der Waals surface area contributed by atoms with Crippen molar-refractivity contribution in [3.05, 3.63) is 0 Å². The van der Waals surface area contributed by atoms with Gasteiger partial charge in [-0.25, -0.2) is 10.5 Å². The maximum atomic E-state index is 12.3. The van der Waals surface area contributed by atoms with E-state index in [1.54, 1.807) is 27.7 Å². The fourth-order valence-electron chi connectivity index (χ4n) is 0.989. The smallest absolute Gasteiger partial charge is 0.366 e. The van der Waals surface area contributed by atoms with E-state index >= 15 is 0 Å². The lowest BCUT2D eigenvalue weighted by molar-refractivity contribution is 0.00406. The topological polar surface area (TPSA) is 96.8 Å². The molecule has 6 nitrogen and oxygen atoms in total. The fourth-order valence-corrected chi connectivity index (χ4v) is 2.68. The highest BCUT2D eigenvalue weighted by Crippen LogP contribution is 2.61. The fraction of sp³-hybridized carbons (Fsp3) is 1.00. The Balaban J connectivity index is 5.09. The van der Waals surface area contributed by atoms with Crippen LogP contribution in [0.4, 0.5) is 0 Å². The molecule has 0 spiro atoms. The molecule has 0 bridgehead atoms. The highest BCUT2D eigenvalue weighted by molar-refractivity contribution is 7.55. The van der Waals surface area contributed by atoms with Crippen molar-refractivity contribution in [3.63, 3.8) is 0 Å². The normalized spacial score (nSPS) is 20.7. The lowest BCUT2D eigenvalue weighted by Gasteiger charge is -2.36. The maximum Gasteiger partial charge on any atom is 0.379 e. The minimum Gasteiger partial charge on any atom is -0.366 e. The Hall–Kier alpha value is 0.0300. The Morgan fingerprint density at radius 2 is 1.80 bits per heavy atom. The second kappa shape index (κ2) is 4.91. The summed E-state index contributed by atoms with van der Waals surface area (Å²) in [6.07, 6.45) is 0.425. The van der Waals surface area contributed by atoms with Crippen LogP contribution in [0.5, 0.6) is 0 Å². The van der Waals surface area contributed by atoms with Gasteiger partial charge in [0.15, 0.2) is 5.34 Å². The molecule has 0 saturated heterocycles. The number of hydrogen-bond acceptors (Lipinski definition) is 6. The van der Waals surface area contributed by atoms with Gasteiger partial charge >= 0.3 is 7.60 Å². The maximum absolute atomic E-state index is 12.3. The van der Waals surface area contributed by atoms with Crippen molar-refractivity contribution in [2.75, 3.05) is 7.11 Å². The van der Waals surface area contributed by atoms with Crippen LogP contribution in [0, 0.1) is 0 Å². The van der Waals surface area contributed by atoms with Crippen molar-refractivity contribution in [1.29, 1.82) is 0 Å². The second-order valence-electron chi connectivity index (χ2n) is 4.03. The highest BCUT2D eigenvalue weighted by Gasteiger charge is 2.49. The molecule has 0 saturated carbocycles. The average Bonchev–Trinajstić information content (AvgIpc) is 2.13. The molecule has 0 aliphatic heterocycles. The first-order valence-electron chi connectivity index (χ1n) is 4.67. The minimum absolute atomic E-state index is 0.425. The number of ether oxygens (including phenoxy) is 1. The van der Waals surface area contributed by atoms with Gasteiger partial charge in [0.05, 0.1) is 0 Å². The van der Waals surface area contributed by atoms with Gasteiger partial charge in [-0.1, -0.05) is 6.92 Å². The minimum atomic E-state index is -3.61. The molecule has 0 aliphatic rings. The standard InChI is InChI=1S/C8H21N2O4P/c1-6-8(4,12-5)15(11,14-10)13-7(2,3)9/h6,9-10H2,1-5H3. The average molecular weight is 240 g/mol. The van der Waals surface area contributed by atoms with Gasteiger partial charge in [0.25, 0.3) is 0 Å². The Morgan fingerprint density at radius 3 is 2.00 bits per heavy atom. The molecule has 2 atom stereocenters. The molecular weight excluding hydrogens is 219 g/mol. The SMILES string of the molecule is CCC(C)(OC)P(=O)(ON)OC(C)(C)N. The van der Waals surface area contributed by atoms with E-state index in [9.17, 15) is 4.57 Å². The molecule has 0 rings (SSSR count). The van der Waals surface area contributed by atoms with Crippen LogP contribution in [-0.2, 0) is 18.5 Å². The Labute approximate surface area is 90.7 Å². The summed E-state index contributed by atoms with van der Waals surface area (Å²) in [6, 6.07) is 0. The molecule has 0 amide bonds. The van der Waals surface area contributed by atoms with E-state index in [1.807, 2.05) is 0 Å². The largest absolute Gasteiger partial charge is 0.379 e. The summed E-state index contributed by atoms with van der Waals surface area (Å²) < 4.78 is 27.1. The van der Waals surface area contributed by atoms with Crippen LogP contribution in [0.3, 0.4) is 0 Å². The zero-order chi connectivity index (χ0) is 12.3. The third kappa shape index (κ3) is 3.52. The molecule has 0 radical (unpaired) electrons. The summed E-state index contributed by atoms with van der Waals surface area (Å²) in [4.78, 5) is 0. The van der Waals surface area contributed by atoms with Gasteiger partial charge in [-0.15, -0.1) is 0 Å². The molecule has 7 heteroatoms. The summed E-state index contributed by atoms with van der Waals surface area (Å²) in [7, 11) is -2.19. The van der Waals surface area contributed by atoms with Gasteiger partial charge in [0, 0.05) is 7.11 Å². The molecule has 15 heavy (non-hydrogen) atoms. The molecular formula is C8H21N2O4P. The van der Waals surface area contributed by atoms with Gasteiger partial charge in [0.2, 0.25) is 0 Å². The third-order valence-corrected chi connectivity index (χ3v) is 4.82. The van der Waals surface area contributed by atoms with Gasteiger partial charge in [-0.3, -0.25) is 9.09 Å². The van der Waals surface area contributed by atoms with Crippen LogP contribution in [0.25, 0.3) is 0 Å². The highest BCUT2D eigenvalue weighted by atomic mass is 31.2. The van der Waals surface area contributed by atoms with Crippen molar-refractivity contribution in [3.8, 4) is 0 Å². The summed E-state index contributed by atoms with van der Waals surface area (Å²) in [5.74, 6) is 5.03. The quantitative estimate of drug-likeness (QED) is 0.415. The second-order valence-corrected chi connectivity index (χ2v) is 6.36. The predicted molar refractivity (Wildman–Crippen MR) is 57.9 cm³/mol. The van der Waals surface area contributed by atoms with Crippen molar-refractivity contribution < 1.29 is 18.5 Å². The zero-order valence-electron chi connectivity index (χ0n) is 9.94. The summed E-state index contributed by atoms with van der Waals surface area (Å²) in [6.45, 7) is 6.52. The first-order chi connectivity index (χ1) is 6.64. The van der Waals surface area contributed by atoms with Crippen LogP contribution in [0.2, 0.25) is 0 Å². The Kier molecular flexibility index (Phi) is 4.92. The number of hydrogen-bond donors (Lipinski definition) is 2. The third-order valence-electron chi connectivity index (χ3n) is 2.17. The van der Waals surface area contributed by atoms with Gasteiger partial charge in [-0.05, 0) is 27.2 Å². The predicted octanol–water partition coefficient (Wildman–Crippen LogP) is 1.55. The number of nitrogens with two attached hydrogens (primary N) is 2. The number of methoxy groups -OCH3 is 1. The summed E-state index contributed by atoms with van der Waals surface area (Å²) in [5, 5.41) is -1.10. The van der Waals surface area contributed by atoms with Crippen molar-refractivity contribution in [2.24, 2.45) is 11.6 Å². The number of rotatable bonds is 6. The van der Waals surface area contributed by atoms with Crippen LogP contribution in [0.15, 0.2) is 0 Å². The molecule has 92 valence electrons. The van der Waals surface area contributed by atoms with Gasteiger partial charge < -0.3 is 10.5 Å². The van der Waals surface area contributed by atoms with Crippen LogP contribution in [-0.4, -0.2) is 18.2 Å². The zero-order valence-corrected chi connectivity index (χ0v) is 10.8. The lowest BCUT2D eigenvalue weighted by Crippen LogP contribution is -2.40. The molecule has 0 fully saturated rings. The van der Waals surface area contributed by atoms with E-state index in [-0.39, 0.29) is 0 Å². The van der Waals surface area contributed by atoms with E-state index in [2.05, 4.69) is 4.62 Å². The summed E-state index contributed by atoms with van der Waals surface area (Å²) in [5.41, 5.74) is 4.51. The monoisotopic (exact) mass is 240 g/mol. The van der Waals surface area contributed by atoms with Crippen LogP contribution in [0.1, 0.15) is 34.1 Å². The Bertz CT molecular complexity index is 248. The molecule has 0 heterocycles. The molecule has 0 aromatic rings. The van der Waals surface area contributed by atoms with Gasteiger partial charge in [-0.2, -0.15) is 0 Å². The van der Waals surface area contributed by atoms with E-state index in [0.29, 0.717) is 6.42 Å². The van der Waals surface area contributed by atoms with E-state index in [4.69, 9.17) is 20.9 Å². The van der Waals surface area contributed by atoms with Crippen LogP contribution < -0.4 is 11.6 Å². The molecule has 0 aromatic carbocycles. The molecule has 0 aliphatic carbocycles. The van der Waals surface area contributed by atoms with Crippen molar-refractivity contribution >= 4 is 7.60 Å². The molecule has 0 aromatic heterocycles. The van der Waals surface area contributed by atoms with E-state index < -0.39 is 18.7 Å². The first-order valence-corrected chi connectivity index (χ1v) is 6.22. The van der Waals surface area contributed by atoms with E-state index in [0.717, 1.165) is 0 Å². The summed E-state index contributed by atoms with van der Waals surface area (Å²) >= 11 is 0. The van der Waals surface area contributed by atoms with Gasteiger partial charge in [0.1, 0.15) is 5.72 Å². The van der Waals surface area contributed by atoms with E-state index in [1.165, 1.54) is 7.11 Å². The first kappa shape index (κ1) is 15.0. The Morgan fingerprint density at radius 1 is 1.33 bits per heavy atom. The molecule has 4 N–H and O–H groups in total. The van der Waals surface area contributed by atoms with Crippen molar-refractivity contribution in [1.82, 2.24) is 0 Å². The lowest BCUT2D eigenvalue weighted by atomic mass is 10.3. The van der Waals surface area contributed by atoms with Crippen LogP contribution >= 0.6 is 7.60 Å².